The first-order valence-corrected chi connectivity index (χ1v) is 6.77. The van der Waals surface area contributed by atoms with E-state index in [9.17, 15) is 14.4 Å². The van der Waals surface area contributed by atoms with Crippen molar-refractivity contribution in [1.82, 2.24) is 4.57 Å². The Labute approximate surface area is 132 Å². The van der Waals surface area contributed by atoms with Gasteiger partial charge >= 0.3 is 11.9 Å². The number of amides is 1. The molecule has 0 fully saturated rings. The molecule has 120 valence electrons. The van der Waals surface area contributed by atoms with Gasteiger partial charge in [-0.3, -0.25) is 9.59 Å². The Morgan fingerprint density at radius 2 is 1.78 bits per heavy atom. The normalized spacial score (nSPS) is 10.0. The zero-order valence-corrected chi connectivity index (χ0v) is 12.7. The number of anilines is 1. The fourth-order valence-electron chi connectivity index (χ4n) is 2.03. The predicted octanol–water partition coefficient (Wildman–Crippen LogP) is 1.70. The van der Waals surface area contributed by atoms with Gasteiger partial charge in [0.05, 0.1) is 25.5 Å². The van der Waals surface area contributed by atoms with E-state index >= 15 is 0 Å². The summed E-state index contributed by atoms with van der Waals surface area (Å²) >= 11 is 0. The van der Waals surface area contributed by atoms with Crippen LogP contribution in [0.25, 0.3) is 0 Å². The van der Waals surface area contributed by atoms with Crippen molar-refractivity contribution < 1.29 is 23.9 Å². The SMILES string of the molecule is COC(=O)Cn1cccc1C(=O)Nc1ccccc1C(=O)OC. The van der Waals surface area contributed by atoms with Crippen LogP contribution in [0.3, 0.4) is 0 Å². The Balaban J connectivity index is 2.22. The minimum atomic E-state index is -0.550. The van der Waals surface area contributed by atoms with Gasteiger partial charge in [-0.15, -0.1) is 0 Å². The maximum Gasteiger partial charge on any atom is 0.339 e. The summed E-state index contributed by atoms with van der Waals surface area (Å²) in [5, 5.41) is 2.65. The summed E-state index contributed by atoms with van der Waals surface area (Å²) in [7, 11) is 2.54. The number of carbonyl (C=O) groups excluding carboxylic acids is 3. The summed E-state index contributed by atoms with van der Waals surface area (Å²) in [6, 6.07) is 9.72. The summed E-state index contributed by atoms with van der Waals surface area (Å²) in [5.74, 6) is -1.47. The van der Waals surface area contributed by atoms with Gasteiger partial charge in [0.25, 0.3) is 5.91 Å². The zero-order chi connectivity index (χ0) is 16.8. The molecule has 2 rings (SSSR count). The monoisotopic (exact) mass is 316 g/mol. The number of ether oxygens (including phenoxy) is 2. The van der Waals surface area contributed by atoms with Gasteiger partial charge < -0.3 is 19.4 Å². The molecule has 0 unspecified atom stereocenters. The van der Waals surface area contributed by atoms with E-state index in [2.05, 4.69) is 14.8 Å². The Morgan fingerprint density at radius 3 is 2.48 bits per heavy atom. The molecule has 7 heteroatoms. The van der Waals surface area contributed by atoms with E-state index in [1.807, 2.05) is 0 Å². The van der Waals surface area contributed by atoms with E-state index in [-0.39, 0.29) is 17.8 Å². The fourth-order valence-corrected chi connectivity index (χ4v) is 2.03. The molecule has 0 aliphatic rings. The molecule has 1 aromatic heterocycles. The van der Waals surface area contributed by atoms with Crippen LogP contribution in [0.5, 0.6) is 0 Å². The Bertz CT molecular complexity index is 736. The van der Waals surface area contributed by atoms with E-state index in [4.69, 9.17) is 0 Å². The number of rotatable bonds is 5. The summed E-state index contributed by atoms with van der Waals surface area (Å²) in [6.45, 7) is -0.0785. The largest absolute Gasteiger partial charge is 0.468 e. The van der Waals surface area contributed by atoms with Crippen molar-refractivity contribution in [3.8, 4) is 0 Å². The van der Waals surface area contributed by atoms with Gasteiger partial charge in [-0.25, -0.2) is 4.79 Å². The standard InChI is InChI=1S/C16H16N2O5/c1-22-14(19)10-18-9-5-8-13(18)15(20)17-12-7-4-3-6-11(12)16(21)23-2/h3-9H,10H2,1-2H3,(H,17,20). The van der Waals surface area contributed by atoms with Gasteiger partial charge in [-0.2, -0.15) is 0 Å². The number of nitrogens with zero attached hydrogens (tertiary/aromatic N) is 1. The molecule has 0 aliphatic carbocycles. The molecule has 0 aliphatic heterocycles. The van der Waals surface area contributed by atoms with Gasteiger partial charge in [0.15, 0.2) is 0 Å². The fraction of sp³-hybridized carbons (Fsp3) is 0.188. The number of aromatic nitrogens is 1. The van der Waals surface area contributed by atoms with E-state index in [0.717, 1.165) is 0 Å². The summed E-state index contributed by atoms with van der Waals surface area (Å²) in [4.78, 5) is 35.5. The van der Waals surface area contributed by atoms with Gasteiger partial charge in [-0.1, -0.05) is 12.1 Å². The number of hydrogen-bond donors (Lipinski definition) is 1. The van der Waals surface area contributed by atoms with Crippen LogP contribution < -0.4 is 5.32 Å². The van der Waals surface area contributed by atoms with Crippen molar-refractivity contribution in [2.45, 2.75) is 6.54 Å². The molecule has 1 heterocycles. The van der Waals surface area contributed by atoms with Gasteiger partial charge in [-0.05, 0) is 24.3 Å². The number of nitrogens with one attached hydrogen (secondary N) is 1. The van der Waals surface area contributed by atoms with Crippen molar-refractivity contribution in [3.05, 3.63) is 53.9 Å². The first kappa shape index (κ1) is 16.3. The minimum absolute atomic E-state index is 0.0785. The zero-order valence-electron chi connectivity index (χ0n) is 12.7. The van der Waals surface area contributed by atoms with Crippen LogP contribution in [0.4, 0.5) is 5.69 Å². The number of para-hydroxylation sites is 1. The first-order chi connectivity index (χ1) is 11.1. The number of esters is 2. The Morgan fingerprint density at radius 1 is 1.04 bits per heavy atom. The topological polar surface area (TPSA) is 86.6 Å². The van der Waals surface area contributed by atoms with Crippen molar-refractivity contribution in [2.75, 3.05) is 19.5 Å². The highest BCUT2D eigenvalue weighted by Crippen LogP contribution is 2.17. The second-order valence-electron chi connectivity index (χ2n) is 4.59. The lowest BCUT2D eigenvalue weighted by Crippen LogP contribution is -2.21. The number of methoxy groups -OCH3 is 2. The van der Waals surface area contributed by atoms with Crippen LogP contribution in [0, 0.1) is 0 Å². The average Bonchev–Trinajstić information content (AvgIpc) is 3.02. The van der Waals surface area contributed by atoms with Gasteiger partial charge in [0.1, 0.15) is 12.2 Å². The van der Waals surface area contributed by atoms with E-state index in [0.29, 0.717) is 5.69 Å². The maximum atomic E-state index is 12.4. The smallest absolute Gasteiger partial charge is 0.339 e. The first-order valence-electron chi connectivity index (χ1n) is 6.77. The summed E-state index contributed by atoms with van der Waals surface area (Å²) in [5.41, 5.74) is 0.847. The maximum absolute atomic E-state index is 12.4. The number of carbonyl (C=O) groups is 3. The van der Waals surface area contributed by atoms with Crippen molar-refractivity contribution >= 4 is 23.5 Å². The van der Waals surface area contributed by atoms with E-state index in [1.165, 1.54) is 18.8 Å². The molecule has 0 radical (unpaired) electrons. The van der Waals surface area contributed by atoms with Crippen LogP contribution in [0.1, 0.15) is 20.8 Å². The highest BCUT2D eigenvalue weighted by atomic mass is 16.5. The summed E-state index contributed by atoms with van der Waals surface area (Å²) < 4.78 is 10.7. The lowest BCUT2D eigenvalue weighted by molar-refractivity contribution is -0.141. The van der Waals surface area contributed by atoms with Crippen molar-refractivity contribution in [3.63, 3.8) is 0 Å². The highest BCUT2D eigenvalue weighted by molar-refractivity contribution is 6.07. The van der Waals surface area contributed by atoms with Crippen LogP contribution in [0.2, 0.25) is 0 Å². The van der Waals surface area contributed by atoms with Crippen molar-refractivity contribution in [1.29, 1.82) is 0 Å². The second-order valence-corrected chi connectivity index (χ2v) is 4.59. The lowest BCUT2D eigenvalue weighted by Gasteiger charge is -2.11. The van der Waals surface area contributed by atoms with Gasteiger partial charge in [0.2, 0.25) is 0 Å². The molecule has 0 spiro atoms. The molecule has 0 saturated heterocycles. The Hall–Kier alpha value is -3.09. The molecule has 23 heavy (non-hydrogen) atoms. The third-order valence-corrected chi connectivity index (χ3v) is 3.17. The molecule has 0 saturated carbocycles. The van der Waals surface area contributed by atoms with E-state index in [1.54, 1.807) is 42.6 Å². The molecule has 7 nitrogen and oxygen atoms in total. The molecule has 0 atom stereocenters. The van der Waals surface area contributed by atoms with Crippen LogP contribution in [0.15, 0.2) is 42.6 Å². The van der Waals surface area contributed by atoms with Crippen LogP contribution in [-0.4, -0.2) is 36.6 Å². The van der Waals surface area contributed by atoms with Crippen LogP contribution in [-0.2, 0) is 20.8 Å². The highest BCUT2D eigenvalue weighted by Gasteiger charge is 2.17. The van der Waals surface area contributed by atoms with Crippen LogP contribution >= 0.6 is 0 Å². The number of hydrogen-bond acceptors (Lipinski definition) is 5. The van der Waals surface area contributed by atoms with E-state index < -0.39 is 17.8 Å². The minimum Gasteiger partial charge on any atom is -0.468 e. The molecule has 1 amide bonds. The second kappa shape index (κ2) is 7.26. The quantitative estimate of drug-likeness (QED) is 0.848. The molecular weight excluding hydrogens is 300 g/mol. The molecular formula is C16H16N2O5. The van der Waals surface area contributed by atoms with Gasteiger partial charge in [0, 0.05) is 6.20 Å². The Kier molecular flexibility index (Phi) is 5.14. The molecule has 1 N–H and O–H groups in total. The molecule has 1 aromatic carbocycles. The summed E-state index contributed by atoms with van der Waals surface area (Å²) in [6.07, 6.45) is 1.60. The third-order valence-electron chi connectivity index (χ3n) is 3.17. The molecule has 0 bridgehead atoms. The number of benzene rings is 1. The lowest BCUT2D eigenvalue weighted by atomic mass is 10.1. The third kappa shape index (κ3) is 3.76. The molecule has 2 aromatic rings. The predicted molar refractivity (Wildman–Crippen MR) is 82.2 cm³/mol. The van der Waals surface area contributed by atoms with Crippen molar-refractivity contribution in [2.24, 2.45) is 0 Å². The average molecular weight is 316 g/mol.